The van der Waals surface area contributed by atoms with Gasteiger partial charge in [-0.05, 0) is 18.3 Å². The Balaban J connectivity index is 1.85. The molecule has 2 rings (SSSR count). The van der Waals surface area contributed by atoms with Gasteiger partial charge in [-0.3, -0.25) is 0 Å². The summed E-state index contributed by atoms with van der Waals surface area (Å²) in [6.07, 6.45) is 7.20. The van der Waals surface area contributed by atoms with Gasteiger partial charge in [-0.15, -0.1) is 0 Å². The van der Waals surface area contributed by atoms with Crippen LogP contribution in [0.25, 0.3) is 0 Å². The highest BCUT2D eigenvalue weighted by Crippen LogP contribution is 2.43. The molecular formula is C8H15N. The highest BCUT2D eigenvalue weighted by molar-refractivity contribution is 4.95. The first-order valence-corrected chi connectivity index (χ1v) is 4.13. The fourth-order valence-electron chi connectivity index (χ4n) is 2.16. The topological polar surface area (TPSA) is 26.0 Å². The minimum Gasteiger partial charge on any atom is -0.327 e. The van der Waals surface area contributed by atoms with Crippen molar-refractivity contribution in [1.82, 2.24) is 0 Å². The van der Waals surface area contributed by atoms with E-state index in [0.717, 1.165) is 11.8 Å². The average molecular weight is 125 g/mol. The molecule has 9 heavy (non-hydrogen) atoms. The van der Waals surface area contributed by atoms with E-state index >= 15 is 0 Å². The highest BCUT2D eigenvalue weighted by atomic mass is 14.8. The molecular weight excluding hydrogens is 110 g/mol. The van der Waals surface area contributed by atoms with Crippen LogP contribution in [0.5, 0.6) is 0 Å². The van der Waals surface area contributed by atoms with Gasteiger partial charge in [-0.25, -0.2) is 0 Å². The zero-order chi connectivity index (χ0) is 6.27. The monoisotopic (exact) mass is 125 g/mol. The molecule has 0 aromatic rings. The fraction of sp³-hybridized carbons (Fsp3) is 1.00. The maximum Gasteiger partial charge on any atom is 0.00737 e. The van der Waals surface area contributed by atoms with Crippen LogP contribution in [0.1, 0.15) is 32.1 Å². The first-order chi connectivity index (χ1) is 4.38. The Morgan fingerprint density at radius 2 is 1.67 bits per heavy atom. The largest absolute Gasteiger partial charge is 0.327 e. The predicted octanol–water partition coefficient (Wildman–Crippen LogP) is 1.52. The van der Waals surface area contributed by atoms with E-state index in [1.54, 1.807) is 0 Å². The van der Waals surface area contributed by atoms with Crippen molar-refractivity contribution in [1.29, 1.82) is 0 Å². The van der Waals surface area contributed by atoms with Crippen molar-refractivity contribution in [3.63, 3.8) is 0 Å². The van der Waals surface area contributed by atoms with Gasteiger partial charge in [0, 0.05) is 6.04 Å². The number of nitrogens with two attached hydrogens (primary N) is 1. The lowest BCUT2D eigenvalue weighted by Crippen LogP contribution is -2.07. The predicted molar refractivity (Wildman–Crippen MR) is 38.0 cm³/mol. The summed E-state index contributed by atoms with van der Waals surface area (Å²) in [5.41, 5.74) is 5.75. The van der Waals surface area contributed by atoms with Gasteiger partial charge in [-0.1, -0.05) is 25.7 Å². The second kappa shape index (κ2) is 1.98. The molecule has 1 nitrogen and oxygen atoms in total. The Morgan fingerprint density at radius 1 is 1.11 bits per heavy atom. The Bertz CT molecular complexity index is 105. The molecule has 2 atom stereocenters. The van der Waals surface area contributed by atoms with Crippen LogP contribution < -0.4 is 5.73 Å². The zero-order valence-electron chi connectivity index (χ0n) is 5.84. The summed E-state index contributed by atoms with van der Waals surface area (Å²) < 4.78 is 0. The number of hydrogen-bond donors (Lipinski definition) is 1. The van der Waals surface area contributed by atoms with E-state index in [-0.39, 0.29) is 0 Å². The minimum atomic E-state index is 0.591. The third kappa shape index (κ3) is 0.983. The van der Waals surface area contributed by atoms with Gasteiger partial charge in [0.25, 0.3) is 0 Å². The molecule has 0 amide bonds. The molecule has 0 bridgehead atoms. The normalized spacial score (nSPS) is 43.7. The standard InChI is InChI=1S/C8H15N/c9-8-5-7(8)6-3-1-2-4-6/h6-8H,1-5,9H2/t7-,8+/m1/s1. The lowest BCUT2D eigenvalue weighted by Gasteiger charge is -2.04. The van der Waals surface area contributed by atoms with Gasteiger partial charge >= 0.3 is 0 Å². The lowest BCUT2D eigenvalue weighted by atomic mass is 10.0. The summed E-state index contributed by atoms with van der Waals surface area (Å²) in [4.78, 5) is 0. The molecule has 0 saturated heterocycles. The van der Waals surface area contributed by atoms with E-state index < -0.39 is 0 Å². The molecule has 2 aliphatic carbocycles. The van der Waals surface area contributed by atoms with Gasteiger partial charge < -0.3 is 5.73 Å². The maximum absolute atomic E-state index is 5.75. The molecule has 2 N–H and O–H groups in total. The summed E-state index contributed by atoms with van der Waals surface area (Å²) in [6, 6.07) is 0.591. The van der Waals surface area contributed by atoms with Gasteiger partial charge in [0.2, 0.25) is 0 Å². The van der Waals surface area contributed by atoms with E-state index in [1.807, 2.05) is 0 Å². The number of rotatable bonds is 1. The first kappa shape index (κ1) is 5.72. The smallest absolute Gasteiger partial charge is 0.00737 e. The van der Waals surface area contributed by atoms with Gasteiger partial charge in [0.15, 0.2) is 0 Å². The van der Waals surface area contributed by atoms with E-state index in [9.17, 15) is 0 Å². The van der Waals surface area contributed by atoms with Gasteiger partial charge in [-0.2, -0.15) is 0 Å². The average Bonchev–Trinajstić information content (AvgIpc) is 2.44. The minimum absolute atomic E-state index is 0.591. The van der Waals surface area contributed by atoms with Gasteiger partial charge in [0.05, 0.1) is 0 Å². The van der Waals surface area contributed by atoms with Crippen LogP contribution in [0.3, 0.4) is 0 Å². The summed E-state index contributed by atoms with van der Waals surface area (Å²) in [5.74, 6) is 1.97. The van der Waals surface area contributed by atoms with Crippen molar-refractivity contribution in [3.05, 3.63) is 0 Å². The molecule has 2 saturated carbocycles. The maximum atomic E-state index is 5.75. The van der Waals surface area contributed by atoms with Crippen molar-refractivity contribution in [2.45, 2.75) is 38.1 Å². The Labute approximate surface area is 56.6 Å². The van der Waals surface area contributed by atoms with E-state index in [1.165, 1.54) is 32.1 Å². The van der Waals surface area contributed by atoms with Crippen molar-refractivity contribution >= 4 is 0 Å². The van der Waals surface area contributed by atoms with Crippen LogP contribution in [0, 0.1) is 11.8 Å². The molecule has 0 aromatic carbocycles. The SMILES string of the molecule is N[C@H]1C[C@@H]1C1CCCC1. The molecule has 0 unspecified atom stereocenters. The van der Waals surface area contributed by atoms with Crippen molar-refractivity contribution in [3.8, 4) is 0 Å². The van der Waals surface area contributed by atoms with E-state index in [0.29, 0.717) is 6.04 Å². The molecule has 2 aliphatic rings. The summed E-state index contributed by atoms with van der Waals surface area (Å²) in [6.45, 7) is 0. The first-order valence-electron chi connectivity index (χ1n) is 4.13. The van der Waals surface area contributed by atoms with Crippen molar-refractivity contribution < 1.29 is 0 Å². The second-order valence-corrected chi connectivity index (χ2v) is 3.61. The quantitative estimate of drug-likeness (QED) is 0.565. The van der Waals surface area contributed by atoms with Crippen molar-refractivity contribution in [2.75, 3.05) is 0 Å². The molecule has 52 valence electrons. The zero-order valence-corrected chi connectivity index (χ0v) is 5.84. The molecule has 0 aromatic heterocycles. The van der Waals surface area contributed by atoms with Crippen LogP contribution in [0.4, 0.5) is 0 Å². The molecule has 0 heterocycles. The van der Waals surface area contributed by atoms with Crippen LogP contribution in [-0.4, -0.2) is 6.04 Å². The Hall–Kier alpha value is -0.0400. The van der Waals surface area contributed by atoms with Crippen LogP contribution >= 0.6 is 0 Å². The van der Waals surface area contributed by atoms with Crippen LogP contribution in [0.2, 0.25) is 0 Å². The second-order valence-electron chi connectivity index (χ2n) is 3.61. The fourth-order valence-corrected chi connectivity index (χ4v) is 2.16. The number of hydrogen-bond acceptors (Lipinski definition) is 1. The van der Waals surface area contributed by atoms with E-state index in [2.05, 4.69) is 0 Å². The molecule has 0 spiro atoms. The Kier molecular flexibility index (Phi) is 1.26. The molecule has 1 heteroatoms. The molecule has 0 radical (unpaired) electrons. The van der Waals surface area contributed by atoms with E-state index in [4.69, 9.17) is 5.73 Å². The Morgan fingerprint density at radius 3 is 2.11 bits per heavy atom. The summed E-state index contributed by atoms with van der Waals surface area (Å²) in [7, 11) is 0. The summed E-state index contributed by atoms with van der Waals surface area (Å²) >= 11 is 0. The van der Waals surface area contributed by atoms with Gasteiger partial charge in [0.1, 0.15) is 0 Å². The lowest BCUT2D eigenvalue weighted by molar-refractivity contribution is 0.469. The highest BCUT2D eigenvalue weighted by Gasteiger charge is 2.40. The third-order valence-corrected chi connectivity index (χ3v) is 2.90. The van der Waals surface area contributed by atoms with Crippen molar-refractivity contribution in [2.24, 2.45) is 17.6 Å². The van der Waals surface area contributed by atoms with Crippen LogP contribution in [-0.2, 0) is 0 Å². The summed E-state index contributed by atoms with van der Waals surface area (Å²) in [5, 5.41) is 0. The molecule has 2 fully saturated rings. The van der Waals surface area contributed by atoms with Crippen LogP contribution in [0.15, 0.2) is 0 Å². The third-order valence-electron chi connectivity index (χ3n) is 2.90. The molecule has 0 aliphatic heterocycles.